The zero-order chi connectivity index (χ0) is 31.5. The Balaban J connectivity index is 0. The fraction of sp³-hybridized carbons (Fsp3) is 1.00. The Morgan fingerprint density at radius 2 is 0.614 bits per heavy atom. The van der Waals surface area contributed by atoms with Crippen LogP contribution in [0.1, 0.15) is 232 Å². The van der Waals surface area contributed by atoms with Gasteiger partial charge in [0, 0.05) is 0 Å². The zero-order valence-corrected chi connectivity index (χ0v) is 33.2. The molecule has 0 saturated carbocycles. The first kappa shape index (κ1) is 47.0. The fourth-order valence-corrected chi connectivity index (χ4v) is 6.81. The summed E-state index contributed by atoms with van der Waals surface area (Å²) >= 11 is 0. The molecule has 0 rings (SSSR count). The minimum Gasteiger partial charge on any atom is -0.726 e. The molecule has 0 saturated heterocycles. The van der Waals surface area contributed by atoms with Gasteiger partial charge in [0.25, 0.3) is 0 Å². The van der Waals surface area contributed by atoms with Crippen molar-refractivity contribution in [1.82, 2.24) is 0 Å². The molecular formula is C38H77NaO4S. The van der Waals surface area contributed by atoms with Crippen LogP contribution in [0.2, 0.25) is 0 Å². The van der Waals surface area contributed by atoms with Crippen molar-refractivity contribution in [2.24, 2.45) is 5.92 Å². The summed E-state index contributed by atoms with van der Waals surface area (Å²) in [6.45, 7) is 4.63. The number of unbranched alkanes of at least 4 members (excludes halogenated alkanes) is 30. The van der Waals surface area contributed by atoms with Crippen LogP contribution in [0.4, 0.5) is 0 Å². The van der Waals surface area contributed by atoms with Crippen molar-refractivity contribution >= 4 is 10.4 Å². The maximum absolute atomic E-state index is 11.0. The molecule has 0 fully saturated rings. The van der Waals surface area contributed by atoms with E-state index in [2.05, 4.69) is 18.0 Å². The van der Waals surface area contributed by atoms with E-state index in [0.717, 1.165) is 25.7 Å². The van der Waals surface area contributed by atoms with Crippen molar-refractivity contribution in [3.8, 4) is 0 Å². The molecule has 1 atom stereocenters. The topological polar surface area (TPSA) is 66.4 Å². The van der Waals surface area contributed by atoms with E-state index in [1.807, 2.05) is 0 Å². The summed E-state index contributed by atoms with van der Waals surface area (Å²) in [5, 5.41) is 0. The number of hydrogen-bond donors (Lipinski definition) is 0. The second kappa shape index (κ2) is 38.3. The van der Waals surface area contributed by atoms with Crippen molar-refractivity contribution in [2.45, 2.75) is 232 Å². The molecule has 6 heteroatoms. The van der Waals surface area contributed by atoms with E-state index in [-0.39, 0.29) is 42.1 Å². The van der Waals surface area contributed by atoms with Crippen LogP contribution in [-0.4, -0.2) is 19.6 Å². The first-order valence-electron chi connectivity index (χ1n) is 19.6. The Kier molecular flexibility index (Phi) is 40.9. The maximum Gasteiger partial charge on any atom is 1.00 e. The first-order chi connectivity index (χ1) is 21.0. The summed E-state index contributed by atoms with van der Waals surface area (Å²) in [5.41, 5.74) is 0. The summed E-state index contributed by atoms with van der Waals surface area (Å²) in [4.78, 5) is 0. The molecule has 0 heterocycles. The van der Waals surface area contributed by atoms with Crippen molar-refractivity contribution in [3.63, 3.8) is 0 Å². The van der Waals surface area contributed by atoms with Crippen molar-refractivity contribution < 1.29 is 46.7 Å². The van der Waals surface area contributed by atoms with E-state index >= 15 is 0 Å². The van der Waals surface area contributed by atoms with E-state index in [0.29, 0.717) is 0 Å². The third kappa shape index (κ3) is 40.9. The Morgan fingerprint density at radius 1 is 0.409 bits per heavy atom. The van der Waals surface area contributed by atoms with Gasteiger partial charge in [-0.3, -0.25) is 4.18 Å². The van der Waals surface area contributed by atoms with E-state index in [4.69, 9.17) is 0 Å². The Bertz CT molecular complexity index is 628. The monoisotopic (exact) mass is 653 g/mol. The van der Waals surface area contributed by atoms with Crippen LogP contribution >= 0.6 is 0 Å². The maximum atomic E-state index is 11.0. The third-order valence-corrected chi connectivity index (χ3v) is 9.80. The van der Waals surface area contributed by atoms with Gasteiger partial charge in [0.1, 0.15) is 0 Å². The van der Waals surface area contributed by atoms with Crippen molar-refractivity contribution in [3.05, 3.63) is 0 Å². The minimum absolute atomic E-state index is 0. The van der Waals surface area contributed by atoms with Crippen LogP contribution in [0.3, 0.4) is 0 Å². The molecule has 1 unspecified atom stereocenters. The second-order valence-electron chi connectivity index (χ2n) is 13.7. The molecule has 0 radical (unpaired) electrons. The molecule has 0 aliphatic heterocycles. The van der Waals surface area contributed by atoms with E-state index in [1.54, 1.807) is 0 Å². The van der Waals surface area contributed by atoms with Crippen LogP contribution in [0.5, 0.6) is 0 Å². The molecule has 0 spiro atoms. The number of hydrogen-bond acceptors (Lipinski definition) is 4. The SMILES string of the molecule is CCCCCCCCCCCCCCCCCCCCC(CCCCCCCCCCCCCCCC)COS(=O)(=O)[O-].[Na+]. The average Bonchev–Trinajstić information content (AvgIpc) is 2.98. The largest absolute Gasteiger partial charge is 1.00 e. The Labute approximate surface area is 300 Å². The standard InChI is InChI=1S/C38H78O4S.Na/c1-3-5-7-9-11-13-15-17-19-20-21-22-24-26-28-30-32-34-36-38(37-42-43(39,40)41)35-33-31-29-27-25-23-18-16-14-12-10-8-6-4-2;/h38H,3-37H2,1-2H3,(H,39,40,41);/q;+1/p-1. The van der Waals surface area contributed by atoms with E-state index in [1.165, 1.54) is 193 Å². The molecule has 0 aromatic rings. The molecule has 4 nitrogen and oxygen atoms in total. The smallest absolute Gasteiger partial charge is 0.726 e. The summed E-state index contributed by atoms with van der Waals surface area (Å²) < 4.78 is 37.7. The Morgan fingerprint density at radius 3 is 0.818 bits per heavy atom. The van der Waals surface area contributed by atoms with Crippen LogP contribution in [0, 0.1) is 5.92 Å². The van der Waals surface area contributed by atoms with Gasteiger partial charge in [-0.2, -0.15) is 0 Å². The molecule has 0 amide bonds. The van der Waals surface area contributed by atoms with Crippen molar-refractivity contribution in [1.29, 1.82) is 0 Å². The normalized spacial score (nSPS) is 12.4. The van der Waals surface area contributed by atoms with Gasteiger partial charge in [-0.05, 0) is 18.8 Å². The van der Waals surface area contributed by atoms with Gasteiger partial charge >= 0.3 is 29.6 Å². The zero-order valence-electron chi connectivity index (χ0n) is 30.4. The summed E-state index contributed by atoms with van der Waals surface area (Å²) in [6.07, 6.45) is 45.3. The van der Waals surface area contributed by atoms with Gasteiger partial charge in [-0.15, -0.1) is 0 Å². The van der Waals surface area contributed by atoms with Gasteiger partial charge in [-0.1, -0.05) is 219 Å². The molecule has 44 heavy (non-hydrogen) atoms. The van der Waals surface area contributed by atoms with E-state index < -0.39 is 10.4 Å². The summed E-state index contributed by atoms with van der Waals surface area (Å²) in [6, 6.07) is 0. The number of rotatable bonds is 37. The quantitative estimate of drug-likeness (QED) is 0.0290. The molecule has 0 aliphatic rings. The minimum atomic E-state index is -4.59. The van der Waals surface area contributed by atoms with Crippen LogP contribution in [0.25, 0.3) is 0 Å². The molecule has 260 valence electrons. The van der Waals surface area contributed by atoms with Crippen LogP contribution < -0.4 is 29.6 Å². The van der Waals surface area contributed by atoms with Crippen molar-refractivity contribution in [2.75, 3.05) is 6.61 Å². The second-order valence-corrected chi connectivity index (χ2v) is 14.8. The summed E-state index contributed by atoms with van der Waals surface area (Å²) in [5.74, 6) is 0.196. The van der Waals surface area contributed by atoms with Crippen LogP contribution in [-0.2, 0) is 14.6 Å². The van der Waals surface area contributed by atoms with Gasteiger partial charge < -0.3 is 4.55 Å². The average molecular weight is 653 g/mol. The van der Waals surface area contributed by atoms with Gasteiger partial charge in [0.15, 0.2) is 0 Å². The van der Waals surface area contributed by atoms with Gasteiger partial charge in [0.2, 0.25) is 10.4 Å². The Hall–Kier alpha value is 0.870. The predicted molar refractivity (Wildman–Crippen MR) is 187 cm³/mol. The molecule has 0 aromatic heterocycles. The first-order valence-corrected chi connectivity index (χ1v) is 20.9. The predicted octanol–water partition coefficient (Wildman–Crippen LogP) is 10.4. The van der Waals surface area contributed by atoms with Crippen LogP contribution in [0.15, 0.2) is 0 Å². The summed E-state index contributed by atoms with van der Waals surface area (Å²) in [7, 11) is -4.59. The molecule has 0 N–H and O–H groups in total. The molecular weight excluding hydrogens is 575 g/mol. The molecule has 0 bridgehead atoms. The molecule has 0 aliphatic carbocycles. The fourth-order valence-electron chi connectivity index (χ4n) is 6.45. The van der Waals surface area contributed by atoms with Gasteiger partial charge in [-0.25, -0.2) is 8.42 Å². The van der Waals surface area contributed by atoms with Gasteiger partial charge in [0.05, 0.1) is 6.61 Å². The van der Waals surface area contributed by atoms with E-state index in [9.17, 15) is 13.0 Å². The third-order valence-electron chi connectivity index (χ3n) is 9.38. The molecule has 0 aromatic carbocycles.